The number of carbonyl (C=O) groups excluding carboxylic acids is 1. The minimum Gasteiger partial charge on any atom is -0.463 e. The van der Waals surface area contributed by atoms with Gasteiger partial charge in [0.25, 0.3) is 0 Å². The third-order valence-electron chi connectivity index (χ3n) is 11.0. The molecule has 4 rings (SSSR count). The minimum absolute atomic E-state index is 0.0416. The van der Waals surface area contributed by atoms with Gasteiger partial charge in [-0.2, -0.15) is 5.26 Å². The van der Waals surface area contributed by atoms with Crippen LogP contribution < -0.4 is 0 Å². The summed E-state index contributed by atoms with van der Waals surface area (Å²) in [4.78, 5) is 16.1. The second kappa shape index (κ2) is 8.61. The summed E-state index contributed by atoms with van der Waals surface area (Å²) in [7, 11) is 0. The van der Waals surface area contributed by atoms with Gasteiger partial charge in [0, 0.05) is 30.3 Å². The van der Waals surface area contributed by atoms with E-state index in [4.69, 9.17) is 4.74 Å². The first-order valence-corrected chi connectivity index (χ1v) is 13.2. The average Bonchev–Trinajstić information content (AvgIpc) is 3.04. The van der Waals surface area contributed by atoms with Gasteiger partial charge in [0.1, 0.15) is 6.10 Å². The van der Waals surface area contributed by atoms with Crippen LogP contribution in [0.4, 0.5) is 0 Å². The molecule has 1 aromatic rings. The Kier molecular flexibility index (Phi) is 6.32. The molecule has 4 heteroatoms. The number of carbonyl (C=O) groups is 1. The number of ether oxygens (including phenoxy) is 1. The van der Waals surface area contributed by atoms with Crippen molar-refractivity contribution >= 4 is 11.5 Å². The Morgan fingerprint density at radius 3 is 2.51 bits per heavy atom. The number of nitriles is 1. The van der Waals surface area contributed by atoms with Crippen LogP contribution in [0.2, 0.25) is 0 Å². The third-order valence-corrected chi connectivity index (χ3v) is 11.0. The normalized spacial score (nSPS) is 38.1. The van der Waals surface area contributed by atoms with Crippen molar-refractivity contribution in [2.45, 2.75) is 99.5 Å². The number of rotatable bonds is 5. The fraction of sp³-hybridized carbons (Fsp3) is 0.645. The number of nitrogens with zero attached hydrogens (tertiary/aromatic N) is 2. The zero-order valence-corrected chi connectivity index (χ0v) is 22.7. The van der Waals surface area contributed by atoms with E-state index in [-0.39, 0.29) is 39.1 Å². The van der Waals surface area contributed by atoms with Crippen LogP contribution in [-0.4, -0.2) is 17.1 Å². The van der Waals surface area contributed by atoms with Crippen LogP contribution in [0.15, 0.2) is 42.3 Å². The molecule has 4 nitrogen and oxygen atoms in total. The lowest BCUT2D eigenvalue weighted by atomic mass is 9.41. The Morgan fingerprint density at radius 2 is 1.89 bits per heavy atom. The van der Waals surface area contributed by atoms with E-state index in [2.05, 4.69) is 70.8 Å². The van der Waals surface area contributed by atoms with E-state index in [0.29, 0.717) is 0 Å². The molecule has 1 heterocycles. The minimum atomic E-state index is -0.304. The molecule has 0 aromatic carbocycles. The molecule has 3 aliphatic carbocycles. The molecule has 0 bridgehead atoms. The van der Waals surface area contributed by atoms with Gasteiger partial charge < -0.3 is 4.74 Å². The maximum absolute atomic E-state index is 11.7. The Balaban J connectivity index is 1.66. The van der Waals surface area contributed by atoms with Gasteiger partial charge in [0.05, 0.1) is 6.07 Å². The van der Waals surface area contributed by atoms with Crippen molar-refractivity contribution < 1.29 is 9.53 Å². The summed E-state index contributed by atoms with van der Waals surface area (Å²) in [6.45, 7) is 15.8. The lowest BCUT2D eigenvalue weighted by Gasteiger charge is -2.63. The largest absolute Gasteiger partial charge is 0.463 e. The van der Waals surface area contributed by atoms with Crippen LogP contribution in [0.3, 0.4) is 0 Å². The summed E-state index contributed by atoms with van der Waals surface area (Å²) in [6, 6.07) is 6.76. The number of pyridine rings is 1. The van der Waals surface area contributed by atoms with Gasteiger partial charge in [0.2, 0.25) is 0 Å². The van der Waals surface area contributed by atoms with Crippen LogP contribution in [0.1, 0.15) is 99.0 Å². The number of aromatic nitrogens is 1. The predicted molar refractivity (Wildman–Crippen MR) is 140 cm³/mol. The van der Waals surface area contributed by atoms with Crippen LogP contribution >= 0.6 is 0 Å². The molecule has 1 aromatic heterocycles. The summed E-state index contributed by atoms with van der Waals surface area (Å²) in [6.07, 6.45) is 15.1. The lowest BCUT2D eigenvalue weighted by molar-refractivity contribution is -0.161. The summed E-state index contributed by atoms with van der Waals surface area (Å²) in [5, 5.41) is 10.1. The fourth-order valence-corrected chi connectivity index (χ4v) is 7.67. The molecule has 5 atom stereocenters. The zero-order chi connectivity index (χ0) is 25.7. The first-order valence-electron chi connectivity index (χ1n) is 13.2. The summed E-state index contributed by atoms with van der Waals surface area (Å²) in [5.74, 6) is -0.227. The molecular weight excluding hydrogens is 432 g/mol. The van der Waals surface area contributed by atoms with Crippen LogP contribution in [-0.2, 0) is 9.53 Å². The number of fused-ring (bicyclic) bond motifs is 1. The first-order chi connectivity index (χ1) is 16.3. The van der Waals surface area contributed by atoms with E-state index in [0.717, 1.165) is 50.5 Å². The highest BCUT2D eigenvalue weighted by atomic mass is 16.5. The zero-order valence-electron chi connectivity index (χ0n) is 22.7. The van der Waals surface area contributed by atoms with Gasteiger partial charge in [0.15, 0.2) is 0 Å². The highest BCUT2D eigenvalue weighted by Gasteiger charge is 2.62. The van der Waals surface area contributed by atoms with Crippen molar-refractivity contribution in [1.29, 1.82) is 5.26 Å². The molecule has 3 aliphatic rings. The van der Waals surface area contributed by atoms with E-state index >= 15 is 0 Å². The molecule has 188 valence electrons. The van der Waals surface area contributed by atoms with Gasteiger partial charge >= 0.3 is 5.97 Å². The lowest BCUT2D eigenvalue weighted by Crippen LogP contribution is -2.57. The summed E-state index contributed by atoms with van der Waals surface area (Å²) in [5.41, 5.74) is 3.43. The Hall–Kier alpha value is -2.41. The number of allylic oxidation sites excluding steroid dienone is 4. The van der Waals surface area contributed by atoms with Crippen LogP contribution in [0, 0.1) is 38.4 Å². The van der Waals surface area contributed by atoms with Crippen molar-refractivity contribution in [3.05, 3.63) is 47.8 Å². The third kappa shape index (κ3) is 3.87. The van der Waals surface area contributed by atoms with Crippen molar-refractivity contribution in [2.75, 3.05) is 0 Å². The Bertz CT molecular complexity index is 1100. The highest BCUT2D eigenvalue weighted by molar-refractivity contribution is 5.72. The topological polar surface area (TPSA) is 63.0 Å². The molecule has 35 heavy (non-hydrogen) atoms. The van der Waals surface area contributed by atoms with E-state index < -0.39 is 0 Å². The van der Waals surface area contributed by atoms with Crippen molar-refractivity contribution in [1.82, 2.24) is 4.98 Å². The van der Waals surface area contributed by atoms with Gasteiger partial charge in [-0.15, -0.1) is 0 Å². The molecule has 1 saturated carbocycles. The quantitative estimate of drug-likeness (QED) is 0.411. The molecule has 0 unspecified atom stereocenters. The van der Waals surface area contributed by atoms with E-state index in [1.165, 1.54) is 18.1 Å². The molecular formula is C31H42N2O2. The van der Waals surface area contributed by atoms with Crippen LogP contribution in [0.5, 0.6) is 0 Å². The monoisotopic (exact) mass is 474 g/mol. The van der Waals surface area contributed by atoms with Crippen molar-refractivity contribution in [2.24, 2.45) is 27.1 Å². The second-order valence-corrected chi connectivity index (χ2v) is 12.9. The Labute approximate surface area is 211 Å². The summed E-state index contributed by atoms with van der Waals surface area (Å²) < 4.78 is 5.67. The van der Waals surface area contributed by atoms with Crippen molar-refractivity contribution in [3.63, 3.8) is 0 Å². The number of hydrogen-bond donors (Lipinski definition) is 0. The predicted octanol–water partition coefficient (Wildman–Crippen LogP) is 7.67. The average molecular weight is 475 g/mol. The maximum Gasteiger partial charge on any atom is 0.302 e. The standard InChI is InChI=1S/C31H42N2O2/c1-22(34)35-25-11-15-31(7)28(4,14-10-24(20-32)30(31,6)19-25)16-17-29(5)26(12-13-27(29,2)3)23-9-8-18-33-21-23/h8-10,12,18,21,25H,11,13-17,19H2,1-7H3/t25-,28+,29+,30+,31+/m0/s1. The molecule has 0 saturated heterocycles. The van der Waals surface area contributed by atoms with Crippen LogP contribution in [0.25, 0.3) is 5.57 Å². The first kappa shape index (κ1) is 25.7. The second-order valence-electron chi connectivity index (χ2n) is 12.9. The highest BCUT2D eigenvalue weighted by Crippen LogP contribution is 2.69. The van der Waals surface area contributed by atoms with Gasteiger partial charge in [-0.25, -0.2) is 0 Å². The van der Waals surface area contributed by atoms with E-state index in [1.807, 2.05) is 18.5 Å². The van der Waals surface area contributed by atoms with E-state index in [1.54, 1.807) is 0 Å². The molecule has 0 N–H and O–H groups in total. The SMILES string of the molecule is CC(=O)O[C@H]1CC[C@]2(C)[C@@](C)(CC[C@]3(C)C(c4cccnc4)=CCC3(C)C)CC=C(C#N)[C@@]2(C)C1. The van der Waals surface area contributed by atoms with Crippen molar-refractivity contribution in [3.8, 4) is 6.07 Å². The van der Waals surface area contributed by atoms with Gasteiger partial charge in [-0.3, -0.25) is 9.78 Å². The molecule has 0 amide bonds. The molecule has 1 fully saturated rings. The summed E-state index contributed by atoms with van der Waals surface area (Å²) >= 11 is 0. The smallest absolute Gasteiger partial charge is 0.302 e. The molecule has 0 aliphatic heterocycles. The van der Waals surface area contributed by atoms with Gasteiger partial charge in [-0.1, -0.05) is 59.8 Å². The fourth-order valence-electron chi connectivity index (χ4n) is 7.67. The maximum atomic E-state index is 11.7. The van der Waals surface area contributed by atoms with Gasteiger partial charge in [-0.05, 0) is 83.8 Å². The number of esters is 1. The molecule has 0 spiro atoms. The Morgan fingerprint density at radius 1 is 1.14 bits per heavy atom. The van der Waals surface area contributed by atoms with E-state index in [9.17, 15) is 10.1 Å². The molecule has 0 radical (unpaired) electrons. The number of hydrogen-bond acceptors (Lipinski definition) is 4.